The van der Waals surface area contributed by atoms with Crippen molar-refractivity contribution in [3.8, 4) is 0 Å². The van der Waals surface area contributed by atoms with Crippen molar-refractivity contribution in [2.24, 2.45) is 0 Å². The summed E-state index contributed by atoms with van der Waals surface area (Å²) in [4.78, 5) is 61.5. The van der Waals surface area contributed by atoms with E-state index < -0.39 is 17.9 Å². The number of rotatable bonds is 23. The first kappa shape index (κ1) is 32.4. The quantitative estimate of drug-likeness (QED) is 0.103. The number of nitrogens with zero attached hydrogens (tertiary/aromatic N) is 3. The van der Waals surface area contributed by atoms with Gasteiger partial charge in [-0.2, -0.15) is 0 Å². The van der Waals surface area contributed by atoms with Gasteiger partial charge in [-0.1, -0.05) is 12.8 Å². The van der Waals surface area contributed by atoms with Gasteiger partial charge in [0.25, 0.3) is 0 Å². The maximum Gasteiger partial charge on any atom is 0.317 e. The van der Waals surface area contributed by atoms with E-state index in [1.165, 1.54) is 21.6 Å². The average Bonchev–Trinajstić information content (AvgIpc) is 2.73. The normalized spacial score (nSPS) is 11.2. The number of unbranched alkanes of at least 4 members (excludes halogenated alkanes) is 3. The number of aliphatic carboxylic acids is 3. The molecule has 0 rings (SSSR count). The van der Waals surface area contributed by atoms with Gasteiger partial charge in [-0.3, -0.25) is 38.7 Å². The lowest BCUT2D eigenvalue weighted by Gasteiger charge is -2.27. The van der Waals surface area contributed by atoms with Crippen LogP contribution in [-0.4, -0.2) is 139 Å². The van der Waals surface area contributed by atoms with Crippen molar-refractivity contribution < 1.29 is 39.3 Å². The van der Waals surface area contributed by atoms with E-state index in [1.54, 1.807) is 0 Å². The second-order valence-corrected chi connectivity index (χ2v) is 8.45. The second kappa shape index (κ2) is 19.7. The predicted molar refractivity (Wildman–Crippen MR) is 128 cm³/mol. The van der Waals surface area contributed by atoms with Gasteiger partial charge in [-0.25, -0.2) is 0 Å². The molecular weight excluding hydrogens is 462 g/mol. The van der Waals surface area contributed by atoms with E-state index in [4.69, 9.17) is 5.11 Å². The van der Waals surface area contributed by atoms with Crippen molar-refractivity contribution in [2.75, 3.05) is 79.0 Å². The first-order chi connectivity index (χ1) is 16.5. The molecule has 0 aromatic carbocycles. The van der Waals surface area contributed by atoms with Gasteiger partial charge in [0.2, 0.25) is 5.91 Å². The summed E-state index contributed by atoms with van der Waals surface area (Å²) in [6, 6.07) is 0. The summed E-state index contributed by atoms with van der Waals surface area (Å²) in [6.07, 6.45) is 3.92. The number of hydrogen-bond acceptors (Lipinski definition) is 9. The fourth-order valence-corrected chi connectivity index (χ4v) is 3.42. The van der Waals surface area contributed by atoms with Crippen LogP contribution >= 0.6 is 0 Å². The Morgan fingerprint density at radius 3 is 1.49 bits per heavy atom. The standard InChI is InChI=1S/C22H41N5O8/c1-18(28)13-26(16-21(32)33)11-9-25(15-20(30)31)10-12-27(17-22(34)35)14-19(29)24-8-6-4-3-5-7-23-2/h23H,3-17H2,1-2H3,(H,24,29)(H,30,31)(H,32,33)(H,34,35). The first-order valence-corrected chi connectivity index (χ1v) is 11.8. The number of ketones is 1. The molecule has 0 spiro atoms. The van der Waals surface area contributed by atoms with Crippen LogP contribution < -0.4 is 10.6 Å². The van der Waals surface area contributed by atoms with Gasteiger partial charge >= 0.3 is 17.9 Å². The van der Waals surface area contributed by atoms with Gasteiger partial charge in [0.1, 0.15) is 5.78 Å². The zero-order valence-corrected chi connectivity index (χ0v) is 20.8. The minimum absolute atomic E-state index is 0.0754. The minimum Gasteiger partial charge on any atom is -0.480 e. The second-order valence-electron chi connectivity index (χ2n) is 8.45. The van der Waals surface area contributed by atoms with Crippen molar-refractivity contribution >= 4 is 29.6 Å². The Kier molecular flexibility index (Phi) is 18.2. The molecule has 0 aliphatic rings. The molecule has 0 aromatic heterocycles. The highest BCUT2D eigenvalue weighted by Gasteiger charge is 2.19. The molecule has 0 radical (unpaired) electrons. The highest BCUT2D eigenvalue weighted by molar-refractivity contribution is 5.79. The molecular formula is C22H41N5O8. The Bertz CT molecular complexity index is 660. The third-order valence-corrected chi connectivity index (χ3v) is 5.03. The van der Waals surface area contributed by atoms with Gasteiger partial charge < -0.3 is 26.0 Å². The maximum absolute atomic E-state index is 12.3. The molecule has 0 saturated heterocycles. The smallest absolute Gasteiger partial charge is 0.317 e. The molecule has 0 aliphatic heterocycles. The van der Waals surface area contributed by atoms with Gasteiger partial charge in [0.05, 0.1) is 32.7 Å². The van der Waals surface area contributed by atoms with Crippen molar-refractivity contribution in [3.05, 3.63) is 0 Å². The molecule has 0 unspecified atom stereocenters. The van der Waals surface area contributed by atoms with E-state index in [0.29, 0.717) is 6.54 Å². The number of Topliss-reactive ketones (excluding diaryl/α,β-unsaturated/α-hetero) is 1. The van der Waals surface area contributed by atoms with Crippen molar-refractivity contribution in [2.45, 2.75) is 32.6 Å². The third-order valence-electron chi connectivity index (χ3n) is 5.03. The summed E-state index contributed by atoms with van der Waals surface area (Å²) in [5, 5.41) is 33.3. The minimum atomic E-state index is -1.11. The van der Waals surface area contributed by atoms with Crippen LogP contribution in [0.2, 0.25) is 0 Å². The topological polar surface area (TPSA) is 180 Å². The number of nitrogens with one attached hydrogen (secondary N) is 2. The molecule has 13 heteroatoms. The molecule has 202 valence electrons. The zero-order valence-electron chi connectivity index (χ0n) is 20.8. The Morgan fingerprint density at radius 2 is 1.03 bits per heavy atom. The zero-order chi connectivity index (χ0) is 26.6. The van der Waals surface area contributed by atoms with Crippen LogP contribution in [0.4, 0.5) is 0 Å². The SMILES string of the molecule is CNCCCCCCNC(=O)CN(CCN(CCN(CC(C)=O)CC(=O)O)CC(=O)O)CC(=O)O. The van der Waals surface area contributed by atoms with Crippen LogP contribution in [0.5, 0.6) is 0 Å². The highest BCUT2D eigenvalue weighted by Crippen LogP contribution is 1.99. The number of carbonyl (C=O) groups is 5. The Morgan fingerprint density at radius 1 is 0.600 bits per heavy atom. The van der Waals surface area contributed by atoms with Crippen LogP contribution in [0.3, 0.4) is 0 Å². The lowest BCUT2D eigenvalue weighted by molar-refractivity contribution is -0.141. The molecule has 0 bridgehead atoms. The first-order valence-electron chi connectivity index (χ1n) is 11.8. The van der Waals surface area contributed by atoms with Gasteiger partial charge in [0.15, 0.2) is 0 Å². The fraction of sp³-hybridized carbons (Fsp3) is 0.773. The average molecular weight is 504 g/mol. The van der Waals surface area contributed by atoms with E-state index in [1.807, 2.05) is 7.05 Å². The molecule has 13 nitrogen and oxygen atoms in total. The van der Waals surface area contributed by atoms with Gasteiger partial charge in [-0.15, -0.1) is 0 Å². The monoisotopic (exact) mass is 503 g/mol. The molecule has 5 N–H and O–H groups in total. The molecule has 1 amide bonds. The molecule has 0 atom stereocenters. The lowest BCUT2D eigenvalue weighted by Crippen LogP contribution is -2.46. The Labute approximate surface area is 206 Å². The molecule has 0 fully saturated rings. The van der Waals surface area contributed by atoms with Crippen LogP contribution in [0, 0.1) is 0 Å². The Hall–Kier alpha value is -2.61. The molecule has 0 saturated carbocycles. The Balaban J connectivity index is 4.76. The maximum atomic E-state index is 12.3. The van der Waals surface area contributed by atoms with E-state index in [0.717, 1.165) is 32.2 Å². The molecule has 35 heavy (non-hydrogen) atoms. The summed E-state index contributed by atoms with van der Waals surface area (Å²) >= 11 is 0. The van der Waals surface area contributed by atoms with E-state index in [9.17, 15) is 34.2 Å². The van der Waals surface area contributed by atoms with Crippen molar-refractivity contribution in [1.82, 2.24) is 25.3 Å². The van der Waals surface area contributed by atoms with Crippen LogP contribution in [0.1, 0.15) is 32.6 Å². The van der Waals surface area contributed by atoms with Crippen LogP contribution in [0.25, 0.3) is 0 Å². The third kappa shape index (κ3) is 20.5. The summed E-state index contributed by atoms with van der Waals surface area (Å²) in [5.74, 6) is -3.83. The summed E-state index contributed by atoms with van der Waals surface area (Å²) in [6.45, 7) is 2.07. The fourth-order valence-electron chi connectivity index (χ4n) is 3.42. The van der Waals surface area contributed by atoms with E-state index in [2.05, 4.69) is 10.6 Å². The van der Waals surface area contributed by atoms with Gasteiger partial charge in [-0.05, 0) is 33.4 Å². The number of hydrogen-bond donors (Lipinski definition) is 5. The summed E-state index contributed by atoms with van der Waals surface area (Å²) in [7, 11) is 1.90. The van der Waals surface area contributed by atoms with Crippen LogP contribution in [0.15, 0.2) is 0 Å². The van der Waals surface area contributed by atoms with E-state index in [-0.39, 0.29) is 70.6 Å². The molecule has 0 heterocycles. The van der Waals surface area contributed by atoms with Crippen LogP contribution in [-0.2, 0) is 24.0 Å². The number of carbonyl (C=O) groups excluding carboxylic acids is 2. The number of amides is 1. The highest BCUT2D eigenvalue weighted by atomic mass is 16.4. The van der Waals surface area contributed by atoms with Gasteiger partial charge in [0, 0.05) is 32.7 Å². The molecule has 0 aliphatic carbocycles. The summed E-state index contributed by atoms with van der Waals surface area (Å²) in [5.41, 5.74) is 0. The van der Waals surface area contributed by atoms with Crippen molar-refractivity contribution in [1.29, 1.82) is 0 Å². The number of carboxylic acids is 3. The summed E-state index contributed by atoms with van der Waals surface area (Å²) < 4.78 is 0. The van der Waals surface area contributed by atoms with Crippen molar-refractivity contribution in [3.63, 3.8) is 0 Å². The number of carboxylic acid groups (broad SMARTS) is 3. The van der Waals surface area contributed by atoms with E-state index >= 15 is 0 Å². The largest absolute Gasteiger partial charge is 0.480 e. The lowest BCUT2D eigenvalue weighted by atomic mass is 10.2. The molecule has 0 aromatic rings. The predicted octanol–water partition coefficient (Wildman–Crippen LogP) is -1.37.